The van der Waals surface area contributed by atoms with Crippen molar-refractivity contribution in [1.29, 1.82) is 0 Å². The van der Waals surface area contributed by atoms with Crippen molar-refractivity contribution >= 4 is 28.0 Å². The lowest BCUT2D eigenvalue weighted by Gasteiger charge is -2.18. The number of carbonyl (C=O) groups excluding carboxylic acids is 1. The van der Waals surface area contributed by atoms with Gasteiger partial charge in [-0.3, -0.25) is 10.1 Å². The van der Waals surface area contributed by atoms with Gasteiger partial charge in [0.05, 0.1) is 16.7 Å². The van der Waals surface area contributed by atoms with Crippen LogP contribution in [-0.2, 0) is 4.74 Å². The van der Waals surface area contributed by atoms with Gasteiger partial charge in [0.25, 0.3) is 0 Å². The molecule has 1 heterocycles. The van der Waals surface area contributed by atoms with E-state index in [4.69, 9.17) is 10.5 Å². The Bertz CT molecular complexity index is 433. The molecule has 0 fully saturated rings. The second-order valence-electron chi connectivity index (χ2n) is 4.13. The highest BCUT2D eigenvalue weighted by Gasteiger charge is 2.25. The van der Waals surface area contributed by atoms with Gasteiger partial charge < -0.3 is 10.5 Å². The molecule has 0 aliphatic rings. The highest BCUT2D eigenvalue weighted by molar-refractivity contribution is 7.17. The number of thiophene rings is 1. The van der Waals surface area contributed by atoms with Crippen molar-refractivity contribution < 1.29 is 14.5 Å². The molecule has 0 aromatic carbocycles. The maximum absolute atomic E-state index is 11.6. The predicted molar refractivity (Wildman–Crippen MR) is 60.6 cm³/mol. The number of anilines is 1. The molecule has 0 radical (unpaired) electrons. The highest BCUT2D eigenvalue weighted by Crippen LogP contribution is 2.32. The van der Waals surface area contributed by atoms with Crippen molar-refractivity contribution in [3.05, 3.63) is 21.1 Å². The van der Waals surface area contributed by atoms with E-state index in [2.05, 4.69) is 0 Å². The van der Waals surface area contributed by atoms with Gasteiger partial charge in [0.15, 0.2) is 0 Å². The Kier molecular flexibility index (Phi) is 3.18. The van der Waals surface area contributed by atoms with Gasteiger partial charge in [0.2, 0.25) is 0 Å². The van der Waals surface area contributed by atoms with Crippen LogP contribution in [0.1, 0.15) is 30.4 Å². The zero-order chi connectivity index (χ0) is 12.5. The Morgan fingerprint density at radius 1 is 1.56 bits per heavy atom. The predicted octanol–water partition coefficient (Wildman–Crippen LogP) is 2.19. The summed E-state index contributed by atoms with van der Waals surface area (Å²) >= 11 is 0.718. The molecule has 0 atom stereocenters. The maximum Gasteiger partial charge on any atom is 0.351 e. The van der Waals surface area contributed by atoms with Crippen molar-refractivity contribution in [1.82, 2.24) is 0 Å². The van der Waals surface area contributed by atoms with Crippen molar-refractivity contribution in [2.24, 2.45) is 0 Å². The lowest BCUT2D eigenvalue weighted by molar-refractivity contribution is -0.380. The first-order chi connectivity index (χ1) is 7.20. The molecule has 0 saturated heterocycles. The van der Waals surface area contributed by atoms with Gasteiger partial charge in [0, 0.05) is 0 Å². The van der Waals surface area contributed by atoms with E-state index in [1.165, 1.54) is 0 Å². The van der Waals surface area contributed by atoms with Gasteiger partial charge >= 0.3 is 11.0 Å². The molecule has 0 saturated carbocycles. The number of nitrogen functional groups attached to an aromatic ring is 1. The first-order valence-electron chi connectivity index (χ1n) is 4.48. The topological polar surface area (TPSA) is 95.5 Å². The Balaban J connectivity index is 2.96. The summed E-state index contributed by atoms with van der Waals surface area (Å²) in [6, 6.07) is 1.16. The molecule has 1 rings (SSSR count). The Hall–Kier alpha value is -1.63. The zero-order valence-electron chi connectivity index (χ0n) is 9.14. The number of rotatable bonds is 2. The molecule has 6 nitrogen and oxygen atoms in total. The van der Waals surface area contributed by atoms with Crippen LogP contribution in [0.2, 0.25) is 0 Å². The average Bonchev–Trinajstić information content (AvgIpc) is 2.44. The largest absolute Gasteiger partial charge is 0.456 e. The number of hydrogen-bond donors (Lipinski definition) is 1. The number of ether oxygens (including phenoxy) is 1. The van der Waals surface area contributed by atoms with E-state index in [9.17, 15) is 14.9 Å². The summed E-state index contributed by atoms with van der Waals surface area (Å²) in [5, 5.41) is 10.3. The number of esters is 1. The van der Waals surface area contributed by atoms with Gasteiger partial charge in [-0.05, 0) is 20.8 Å². The Morgan fingerprint density at radius 2 is 2.12 bits per heavy atom. The second kappa shape index (κ2) is 4.09. The third-order valence-corrected chi connectivity index (χ3v) is 2.59. The van der Waals surface area contributed by atoms with E-state index < -0.39 is 16.5 Å². The van der Waals surface area contributed by atoms with Crippen LogP contribution in [0.5, 0.6) is 0 Å². The number of carbonyl (C=O) groups is 1. The molecule has 2 N–H and O–H groups in total. The quantitative estimate of drug-likeness (QED) is 0.488. The first-order valence-corrected chi connectivity index (χ1v) is 5.29. The van der Waals surface area contributed by atoms with Crippen LogP contribution in [0.25, 0.3) is 0 Å². The molecule has 0 bridgehead atoms. The number of nitrogens with zero attached hydrogens (tertiary/aromatic N) is 1. The summed E-state index contributed by atoms with van der Waals surface area (Å²) in [6.07, 6.45) is 0. The Labute approximate surface area is 96.2 Å². The molecule has 0 spiro atoms. The Morgan fingerprint density at radius 3 is 2.50 bits per heavy atom. The van der Waals surface area contributed by atoms with Gasteiger partial charge in [-0.2, -0.15) is 0 Å². The molecule has 0 aliphatic heterocycles. The smallest absolute Gasteiger partial charge is 0.351 e. The molecule has 0 unspecified atom stereocenters. The minimum Gasteiger partial charge on any atom is -0.456 e. The zero-order valence-corrected chi connectivity index (χ0v) is 9.96. The van der Waals surface area contributed by atoms with Crippen LogP contribution in [0.15, 0.2) is 6.07 Å². The van der Waals surface area contributed by atoms with Crippen LogP contribution in [-0.4, -0.2) is 16.5 Å². The monoisotopic (exact) mass is 244 g/mol. The van der Waals surface area contributed by atoms with Crippen molar-refractivity contribution in [2.45, 2.75) is 26.4 Å². The molecular weight excluding hydrogens is 232 g/mol. The first kappa shape index (κ1) is 12.4. The van der Waals surface area contributed by atoms with Crippen LogP contribution in [0.4, 0.5) is 10.7 Å². The third-order valence-electron chi connectivity index (χ3n) is 1.51. The van der Waals surface area contributed by atoms with E-state index in [0.29, 0.717) is 0 Å². The van der Waals surface area contributed by atoms with E-state index in [1.54, 1.807) is 20.8 Å². The van der Waals surface area contributed by atoms with Crippen molar-refractivity contribution in [3.8, 4) is 0 Å². The summed E-state index contributed by atoms with van der Waals surface area (Å²) < 4.78 is 5.07. The average molecular weight is 244 g/mol. The summed E-state index contributed by atoms with van der Waals surface area (Å²) in [5.74, 6) is -0.636. The normalized spacial score (nSPS) is 11.2. The SMILES string of the molecule is CC(C)(C)OC(=O)c1sc([N+](=O)[O-])cc1N. The minimum atomic E-state index is -0.651. The number of nitro groups is 1. The molecule has 0 aliphatic carbocycles. The molecule has 1 aromatic heterocycles. The van der Waals surface area contributed by atoms with Crippen LogP contribution >= 0.6 is 11.3 Å². The number of hydrogen-bond acceptors (Lipinski definition) is 6. The lowest BCUT2D eigenvalue weighted by atomic mass is 10.2. The van der Waals surface area contributed by atoms with Crippen molar-refractivity contribution in [2.75, 3.05) is 5.73 Å². The van der Waals surface area contributed by atoms with Gasteiger partial charge in [-0.1, -0.05) is 11.3 Å². The summed E-state index contributed by atoms with van der Waals surface area (Å²) in [7, 11) is 0. The third kappa shape index (κ3) is 2.93. The van der Waals surface area contributed by atoms with Gasteiger partial charge in [-0.15, -0.1) is 0 Å². The van der Waals surface area contributed by atoms with Crippen LogP contribution in [0, 0.1) is 10.1 Å². The summed E-state index contributed by atoms with van der Waals surface area (Å²) in [4.78, 5) is 21.6. The lowest BCUT2D eigenvalue weighted by Crippen LogP contribution is -2.23. The van der Waals surface area contributed by atoms with Crippen LogP contribution in [0.3, 0.4) is 0 Å². The molecule has 88 valence electrons. The minimum absolute atomic E-state index is 0.0709. The van der Waals surface area contributed by atoms with E-state index in [1.807, 2.05) is 0 Å². The molecule has 1 aromatic rings. The van der Waals surface area contributed by atoms with E-state index >= 15 is 0 Å². The van der Waals surface area contributed by atoms with Crippen molar-refractivity contribution in [3.63, 3.8) is 0 Å². The molecule has 16 heavy (non-hydrogen) atoms. The van der Waals surface area contributed by atoms with Gasteiger partial charge in [-0.25, -0.2) is 4.79 Å². The number of nitrogens with two attached hydrogens (primary N) is 1. The highest BCUT2D eigenvalue weighted by atomic mass is 32.1. The summed E-state index contributed by atoms with van der Waals surface area (Å²) in [6.45, 7) is 5.13. The summed E-state index contributed by atoms with van der Waals surface area (Å²) in [5.41, 5.74) is 4.93. The standard InChI is InChI=1S/C9H12N2O4S/c1-9(2,3)15-8(12)7-5(10)4-6(16-7)11(13)14/h4H,10H2,1-3H3. The fourth-order valence-electron chi connectivity index (χ4n) is 0.965. The fourth-order valence-corrected chi connectivity index (χ4v) is 1.74. The molecule has 0 amide bonds. The van der Waals surface area contributed by atoms with E-state index in [-0.39, 0.29) is 15.6 Å². The molecule has 7 heteroatoms. The van der Waals surface area contributed by atoms with Crippen LogP contribution < -0.4 is 5.73 Å². The maximum atomic E-state index is 11.6. The van der Waals surface area contributed by atoms with E-state index in [0.717, 1.165) is 17.4 Å². The fraction of sp³-hybridized carbons (Fsp3) is 0.444. The molecular formula is C9H12N2O4S. The van der Waals surface area contributed by atoms with Gasteiger partial charge in [0.1, 0.15) is 10.5 Å². The second-order valence-corrected chi connectivity index (χ2v) is 5.16.